The molecule has 0 aliphatic rings. The highest BCUT2D eigenvalue weighted by Crippen LogP contribution is 2.25. The third kappa shape index (κ3) is 4.91. The number of non-ortho nitro benzene ring substituents is 1. The molecular formula is C22H20N10O4. The van der Waals surface area contributed by atoms with Gasteiger partial charge in [-0.3, -0.25) is 20.3 Å². The highest BCUT2D eigenvalue weighted by molar-refractivity contribution is 5.92. The van der Waals surface area contributed by atoms with E-state index >= 15 is 0 Å². The number of rotatable bonds is 7. The molecule has 6 N–H and O–H groups in total. The summed E-state index contributed by atoms with van der Waals surface area (Å²) in [5.41, 5.74) is 8.13. The predicted molar refractivity (Wildman–Crippen MR) is 131 cm³/mol. The molecule has 0 radical (unpaired) electrons. The molecule has 6 rings (SSSR count). The van der Waals surface area contributed by atoms with Crippen LogP contribution in [0.15, 0.2) is 70.2 Å². The second-order valence-corrected chi connectivity index (χ2v) is 7.50. The molecule has 14 heteroatoms. The molecule has 0 aliphatic carbocycles. The molecule has 0 amide bonds. The minimum absolute atomic E-state index is 0.0214. The van der Waals surface area contributed by atoms with E-state index in [1.54, 1.807) is 18.5 Å². The Morgan fingerprint density at radius 3 is 1.94 bits per heavy atom. The van der Waals surface area contributed by atoms with E-state index in [0.29, 0.717) is 41.8 Å². The number of nitro groups is 1. The summed E-state index contributed by atoms with van der Waals surface area (Å²) in [5, 5.41) is 32.5. The number of nitro benzene ring substituents is 1. The Hall–Kier alpha value is -5.40. The van der Waals surface area contributed by atoms with E-state index in [2.05, 4.69) is 41.0 Å². The topological polar surface area (TPSA) is 203 Å². The molecule has 4 aromatic heterocycles. The number of nitrogen functional groups attached to an aromatic ring is 1. The first kappa shape index (κ1) is 22.4. The molecule has 6 aromatic rings. The van der Waals surface area contributed by atoms with Crippen molar-refractivity contribution in [3.63, 3.8) is 0 Å². The summed E-state index contributed by atoms with van der Waals surface area (Å²) in [7, 11) is 0. The van der Waals surface area contributed by atoms with Gasteiger partial charge in [0.25, 0.3) is 5.69 Å². The van der Waals surface area contributed by atoms with Crippen LogP contribution in [-0.2, 0) is 13.1 Å². The van der Waals surface area contributed by atoms with E-state index in [1.807, 2.05) is 18.2 Å². The van der Waals surface area contributed by atoms with E-state index in [9.17, 15) is 10.1 Å². The monoisotopic (exact) mass is 488 g/mol. The average molecular weight is 488 g/mol. The first-order valence-corrected chi connectivity index (χ1v) is 10.7. The van der Waals surface area contributed by atoms with E-state index < -0.39 is 4.92 Å². The normalized spacial score (nSPS) is 10.8. The second-order valence-electron chi connectivity index (χ2n) is 7.50. The van der Waals surface area contributed by atoms with Crippen LogP contribution in [0.3, 0.4) is 0 Å². The molecule has 0 saturated carbocycles. The smallest absolute Gasteiger partial charge is 0.270 e. The molecule has 4 heterocycles. The number of H-pyrrole nitrogens is 2. The van der Waals surface area contributed by atoms with Crippen molar-refractivity contribution in [3.8, 4) is 0 Å². The molecule has 0 bridgehead atoms. The fourth-order valence-electron chi connectivity index (χ4n) is 3.42. The number of nitrogens with one attached hydrogen (secondary N) is 4. The average Bonchev–Trinajstić information content (AvgIpc) is 3.69. The third-order valence-electron chi connectivity index (χ3n) is 5.13. The highest BCUT2D eigenvalue weighted by Gasteiger charge is 2.12. The number of oxazole rings is 2. The molecule has 2 aromatic carbocycles. The zero-order valence-corrected chi connectivity index (χ0v) is 18.6. The fraction of sp³-hybridized carbons (Fsp3) is 0.0909. The molecule has 36 heavy (non-hydrogen) atoms. The van der Waals surface area contributed by atoms with Gasteiger partial charge in [0.1, 0.15) is 12.5 Å². The van der Waals surface area contributed by atoms with Gasteiger partial charge >= 0.3 is 0 Å². The predicted octanol–water partition coefficient (Wildman–Crippen LogP) is 3.82. The van der Waals surface area contributed by atoms with Gasteiger partial charge in [-0.25, -0.2) is 9.97 Å². The molecule has 14 nitrogen and oxygen atoms in total. The number of hydrogen-bond donors (Lipinski definition) is 5. The van der Waals surface area contributed by atoms with Crippen molar-refractivity contribution in [3.05, 3.63) is 83.2 Å². The van der Waals surface area contributed by atoms with E-state index in [0.717, 1.165) is 22.2 Å². The zero-order valence-electron chi connectivity index (χ0n) is 18.6. The van der Waals surface area contributed by atoms with E-state index in [1.165, 1.54) is 24.7 Å². The number of hydrogen-bond acceptors (Lipinski definition) is 11. The highest BCUT2D eigenvalue weighted by atomic mass is 16.6. The Morgan fingerprint density at radius 1 is 0.861 bits per heavy atom. The number of nitrogens with zero attached hydrogens (tertiary/aromatic N) is 5. The van der Waals surface area contributed by atoms with Crippen LogP contribution in [0, 0.1) is 10.1 Å². The molecule has 0 aliphatic heterocycles. The van der Waals surface area contributed by atoms with Gasteiger partial charge in [0.15, 0.2) is 11.6 Å². The second kappa shape index (κ2) is 9.84. The number of benzene rings is 2. The molecule has 0 saturated heterocycles. The molecular weight excluding hydrogens is 468 g/mol. The van der Waals surface area contributed by atoms with Crippen molar-refractivity contribution in [2.45, 2.75) is 13.1 Å². The summed E-state index contributed by atoms with van der Waals surface area (Å²) in [5.74, 6) is 2.40. The lowest BCUT2D eigenvalue weighted by Gasteiger charge is -2.00. The van der Waals surface area contributed by atoms with E-state index in [-0.39, 0.29) is 5.69 Å². The van der Waals surface area contributed by atoms with Gasteiger partial charge in [0, 0.05) is 23.2 Å². The summed E-state index contributed by atoms with van der Waals surface area (Å²) in [4.78, 5) is 18.3. The SMILES string of the molecule is Nc1ccc2[nH]nc(NCc3ncco3)c2c1.O=[N+]([O-])c1ccc2[nH]nc(NCc3ncco3)c2c1. The first-order chi connectivity index (χ1) is 17.6. The number of fused-ring (bicyclic) bond motifs is 2. The lowest BCUT2D eigenvalue weighted by atomic mass is 10.2. The van der Waals surface area contributed by atoms with Gasteiger partial charge in [0.05, 0.1) is 46.8 Å². The van der Waals surface area contributed by atoms with Crippen LogP contribution in [0.2, 0.25) is 0 Å². The van der Waals surface area contributed by atoms with Gasteiger partial charge in [-0.15, -0.1) is 0 Å². The Morgan fingerprint density at radius 2 is 1.42 bits per heavy atom. The van der Waals surface area contributed by atoms with Gasteiger partial charge < -0.3 is 25.2 Å². The van der Waals surface area contributed by atoms with Crippen molar-refractivity contribution in [1.82, 2.24) is 30.4 Å². The van der Waals surface area contributed by atoms with Crippen LogP contribution in [-0.4, -0.2) is 35.3 Å². The van der Waals surface area contributed by atoms with Crippen LogP contribution >= 0.6 is 0 Å². The third-order valence-corrected chi connectivity index (χ3v) is 5.13. The lowest BCUT2D eigenvalue weighted by molar-refractivity contribution is -0.384. The van der Waals surface area contributed by atoms with Crippen molar-refractivity contribution in [1.29, 1.82) is 0 Å². The van der Waals surface area contributed by atoms with Crippen LogP contribution in [0.4, 0.5) is 23.0 Å². The minimum Gasteiger partial charge on any atom is -0.447 e. The van der Waals surface area contributed by atoms with E-state index in [4.69, 9.17) is 14.6 Å². The van der Waals surface area contributed by atoms with Crippen LogP contribution in [0.1, 0.15) is 11.8 Å². The zero-order chi connectivity index (χ0) is 24.9. The van der Waals surface area contributed by atoms with Gasteiger partial charge in [-0.1, -0.05) is 0 Å². The van der Waals surface area contributed by atoms with Gasteiger partial charge in [0.2, 0.25) is 11.8 Å². The van der Waals surface area contributed by atoms with Crippen molar-refractivity contribution >= 4 is 44.8 Å². The quantitative estimate of drug-likeness (QED) is 0.124. The Kier molecular flexibility index (Phi) is 6.12. The maximum Gasteiger partial charge on any atom is 0.270 e. The summed E-state index contributed by atoms with van der Waals surface area (Å²) >= 11 is 0. The van der Waals surface area contributed by atoms with Gasteiger partial charge in [-0.2, -0.15) is 10.2 Å². The summed E-state index contributed by atoms with van der Waals surface area (Å²) in [6.07, 6.45) is 6.17. The Bertz CT molecular complexity index is 1590. The largest absolute Gasteiger partial charge is 0.447 e. The Labute approximate surface area is 202 Å². The summed E-state index contributed by atoms with van der Waals surface area (Å²) in [6.45, 7) is 0.845. The lowest BCUT2D eigenvalue weighted by Crippen LogP contribution is -2.00. The minimum atomic E-state index is -0.440. The molecule has 0 atom stereocenters. The maximum absolute atomic E-state index is 10.8. The summed E-state index contributed by atoms with van der Waals surface area (Å²) in [6, 6.07) is 10.1. The number of nitrogens with two attached hydrogens (primary N) is 1. The van der Waals surface area contributed by atoms with Crippen molar-refractivity contribution in [2.24, 2.45) is 0 Å². The standard InChI is InChI=1S/C11H9N5O3.C11H11N5O/c17-16(18)7-1-2-9-8(5-7)11(15-14-9)13-6-10-12-3-4-19-10;12-7-1-2-9-8(5-7)11(16-15-9)14-6-10-13-3-4-17-10/h1-5H,6H2,(H2,13,14,15);1-5H,6,12H2,(H2,14,15,16). The van der Waals surface area contributed by atoms with Crippen molar-refractivity contribution < 1.29 is 13.8 Å². The number of aromatic amines is 2. The number of anilines is 3. The maximum atomic E-state index is 10.8. The van der Waals surface area contributed by atoms with Gasteiger partial charge in [-0.05, 0) is 24.3 Å². The summed E-state index contributed by atoms with van der Waals surface area (Å²) < 4.78 is 10.2. The molecule has 0 unspecified atom stereocenters. The first-order valence-electron chi connectivity index (χ1n) is 10.7. The molecule has 182 valence electrons. The van der Waals surface area contributed by atoms with Crippen LogP contribution in [0.25, 0.3) is 21.8 Å². The number of aromatic nitrogens is 6. The molecule has 0 fully saturated rings. The fourth-order valence-corrected chi connectivity index (χ4v) is 3.42. The Balaban J connectivity index is 0.000000149. The van der Waals surface area contributed by atoms with Crippen LogP contribution < -0.4 is 16.4 Å². The van der Waals surface area contributed by atoms with Crippen molar-refractivity contribution in [2.75, 3.05) is 16.4 Å². The van der Waals surface area contributed by atoms with Crippen LogP contribution in [0.5, 0.6) is 0 Å². The molecule has 0 spiro atoms.